The first kappa shape index (κ1) is 15.1. The second kappa shape index (κ2) is 8.16. The van der Waals surface area contributed by atoms with Gasteiger partial charge in [0.15, 0.2) is 11.6 Å². The van der Waals surface area contributed by atoms with Crippen molar-refractivity contribution >= 4 is 0 Å². The molecular formula is C14H22F2N2. The van der Waals surface area contributed by atoms with Gasteiger partial charge in [0.25, 0.3) is 0 Å². The highest BCUT2D eigenvalue weighted by molar-refractivity contribution is 5.19. The van der Waals surface area contributed by atoms with Crippen molar-refractivity contribution in [3.05, 3.63) is 35.4 Å². The maximum absolute atomic E-state index is 13.4. The summed E-state index contributed by atoms with van der Waals surface area (Å²) in [4.78, 5) is 0. The van der Waals surface area contributed by atoms with E-state index in [1.54, 1.807) is 12.1 Å². The molecule has 2 nitrogen and oxygen atoms in total. The van der Waals surface area contributed by atoms with Crippen molar-refractivity contribution in [2.75, 3.05) is 19.6 Å². The molecule has 18 heavy (non-hydrogen) atoms. The van der Waals surface area contributed by atoms with Crippen LogP contribution in [0.25, 0.3) is 0 Å². The molecule has 0 aliphatic heterocycles. The highest BCUT2D eigenvalue weighted by Crippen LogP contribution is 2.11. The third kappa shape index (κ3) is 5.10. The van der Waals surface area contributed by atoms with Crippen LogP contribution in [-0.2, 0) is 6.42 Å². The van der Waals surface area contributed by atoms with Gasteiger partial charge in [-0.15, -0.1) is 0 Å². The van der Waals surface area contributed by atoms with Crippen LogP contribution < -0.4 is 10.6 Å². The maximum Gasteiger partial charge on any atom is 0.162 e. The molecule has 0 amide bonds. The normalized spacial score (nSPS) is 12.7. The van der Waals surface area contributed by atoms with Crippen LogP contribution in [0.5, 0.6) is 0 Å². The van der Waals surface area contributed by atoms with Gasteiger partial charge >= 0.3 is 0 Å². The number of benzene rings is 1. The van der Waals surface area contributed by atoms with E-state index in [0.717, 1.165) is 25.6 Å². The van der Waals surface area contributed by atoms with Crippen molar-refractivity contribution in [1.82, 2.24) is 10.6 Å². The minimum Gasteiger partial charge on any atom is -0.315 e. The van der Waals surface area contributed by atoms with Gasteiger partial charge in [-0.2, -0.15) is 0 Å². The van der Waals surface area contributed by atoms with E-state index in [-0.39, 0.29) is 0 Å². The van der Waals surface area contributed by atoms with E-state index in [0.29, 0.717) is 24.6 Å². The molecule has 0 radical (unpaired) electrons. The summed E-state index contributed by atoms with van der Waals surface area (Å²) in [5.41, 5.74) is 0.427. The molecule has 102 valence electrons. The molecule has 1 atom stereocenters. The third-order valence-corrected chi connectivity index (χ3v) is 2.80. The summed E-state index contributed by atoms with van der Waals surface area (Å²) in [7, 11) is 0. The summed E-state index contributed by atoms with van der Waals surface area (Å²) in [5, 5.41) is 6.59. The molecule has 1 aromatic carbocycles. The Labute approximate surface area is 108 Å². The van der Waals surface area contributed by atoms with Gasteiger partial charge in [-0.05, 0) is 44.5 Å². The van der Waals surface area contributed by atoms with Crippen LogP contribution in [-0.4, -0.2) is 25.7 Å². The van der Waals surface area contributed by atoms with Gasteiger partial charge in [-0.3, -0.25) is 0 Å². The fourth-order valence-electron chi connectivity index (χ4n) is 1.76. The van der Waals surface area contributed by atoms with Gasteiger partial charge in [-0.1, -0.05) is 19.1 Å². The lowest BCUT2D eigenvalue weighted by molar-refractivity contribution is 0.483. The van der Waals surface area contributed by atoms with Crippen LogP contribution in [0, 0.1) is 11.6 Å². The molecule has 0 aliphatic rings. The van der Waals surface area contributed by atoms with Crippen LogP contribution in [0.4, 0.5) is 8.78 Å². The van der Waals surface area contributed by atoms with Crippen LogP contribution >= 0.6 is 0 Å². The minimum atomic E-state index is -0.773. The first-order valence-electron chi connectivity index (χ1n) is 6.52. The Hall–Kier alpha value is -1.00. The van der Waals surface area contributed by atoms with Crippen LogP contribution in [0.3, 0.4) is 0 Å². The lowest BCUT2D eigenvalue weighted by Crippen LogP contribution is -2.37. The van der Waals surface area contributed by atoms with Gasteiger partial charge in [0.1, 0.15) is 0 Å². The van der Waals surface area contributed by atoms with Gasteiger partial charge < -0.3 is 10.6 Å². The Morgan fingerprint density at radius 2 is 2.00 bits per heavy atom. The number of rotatable bonds is 8. The Morgan fingerprint density at radius 3 is 2.72 bits per heavy atom. The molecule has 4 heteroatoms. The van der Waals surface area contributed by atoms with Crippen molar-refractivity contribution in [3.8, 4) is 0 Å². The summed E-state index contributed by atoms with van der Waals surface area (Å²) in [6.45, 7) is 6.74. The van der Waals surface area contributed by atoms with E-state index >= 15 is 0 Å². The monoisotopic (exact) mass is 256 g/mol. The molecule has 0 aromatic heterocycles. The predicted molar refractivity (Wildman–Crippen MR) is 70.7 cm³/mol. The standard InChI is InChI=1S/C14H22F2N2/c1-3-8-17-10-11(2)18-9-7-12-5-4-6-13(15)14(12)16/h4-6,11,17-18H,3,7-10H2,1-2H3. The Kier molecular flexibility index (Phi) is 6.83. The summed E-state index contributed by atoms with van der Waals surface area (Å²) in [6.07, 6.45) is 1.61. The molecule has 0 bridgehead atoms. The number of nitrogens with one attached hydrogen (secondary N) is 2. The molecular weight excluding hydrogens is 234 g/mol. The van der Waals surface area contributed by atoms with Crippen molar-refractivity contribution in [2.45, 2.75) is 32.7 Å². The number of hydrogen-bond donors (Lipinski definition) is 2. The SMILES string of the molecule is CCCNCC(C)NCCc1cccc(F)c1F. The van der Waals surface area contributed by atoms with Gasteiger partial charge in [0, 0.05) is 12.6 Å². The Bertz CT molecular complexity index is 356. The first-order chi connectivity index (χ1) is 8.65. The topological polar surface area (TPSA) is 24.1 Å². The summed E-state index contributed by atoms with van der Waals surface area (Å²) in [6, 6.07) is 4.64. The second-order valence-corrected chi connectivity index (χ2v) is 4.52. The van der Waals surface area contributed by atoms with E-state index in [2.05, 4.69) is 24.5 Å². The molecule has 0 saturated carbocycles. The average Bonchev–Trinajstić information content (AvgIpc) is 2.35. The number of hydrogen-bond acceptors (Lipinski definition) is 2. The quantitative estimate of drug-likeness (QED) is 0.698. The predicted octanol–water partition coefficient (Wildman–Crippen LogP) is 2.49. The van der Waals surface area contributed by atoms with Crippen LogP contribution in [0.1, 0.15) is 25.8 Å². The highest BCUT2D eigenvalue weighted by Gasteiger charge is 2.07. The lowest BCUT2D eigenvalue weighted by Gasteiger charge is -2.14. The fraction of sp³-hybridized carbons (Fsp3) is 0.571. The van der Waals surface area contributed by atoms with Crippen molar-refractivity contribution in [1.29, 1.82) is 0 Å². The zero-order chi connectivity index (χ0) is 13.4. The Balaban J connectivity index is 2.26. The van der Waals surface area contributed by atoms with Crippen LogP contribution in [0.2, 0.25) is 0 Å². The van der Waals surface area contributed by atoms with E-state index in [1.165, 1.54) is 0 Å². The van der Waals surface area contributed by atoms with Crippen molar-refractivity contribution in [2.24, 2.45) is 0 Å². The zero-order valence-corrected chi connectivity index (χ0v) is 11.1. The molecule has 0 heterocycles. The van der Waals surface area contributed by atoms with E-state index in [1.807, 2.05) is 0 Å². The molecule has 2 N–H and O–H groups in total. The molecule has 1 aromatic rings. The zero-order valence-electron chi connectivity index (χ0n) is 11.1. The highest BCUT2D eigenvalue weighted by atomic mass is 19.2. The largest absolute Gasteiger partial charge is 0.315 e. The maximum atomic E-state index is 13.4. The molecule has 0 spiro atoms. The molecule has 0 saturated heterocycles. The second-order valence-electron chi connectivity index (χ2n) is 4.52. The Morgan fingerprint density at radius 1 is 1.22 bits per heavy atom. The molecule has 1 rings (SSSR count). The molecule has 0 fully saturated rings. The van der Waals surface area contributed by atoms with Crippen molar-refractivity contribution < 1.29 is 8.78 Å². The summed E-state index contributed by atoms with van der Waals surface area (Å²) < 4.78 is 26.3. The minimum absolute atomic E-state index is 0.327. The van der Waals surface area contributed by atoms with Gasteiger partial charge in [-0.25, -0.2) is 8.78 Å². The number of halogens is 2. The molecule has 1 unspecified atom stereocenters. The summed E-state index contributed by atoms with van der Waals surface area (Å²) >= 11 is 0. The lowest BCUT2D eigenvalue weighted by atomic mass is 10.1. The molecule has 0 aliphatic carbocycles. The average molecular weight is 256 g/mol. The smallest absolute Gasteiger partial charge is 0.162 e. The van der Waals surface area contributed by atoms with E-state index < -0.39 is 11.6 Å². The van der Waals surface area contributed by atoms with Crippen LogP contribution in [0.15, 0.2) is 18.2 Å². The van der Waals surface area contributed by atoms with E-state index in [9.17, 15) is 8.78 Å². The first-order valence-corrected chi connectivity index (χ1v) is 6.52. The van der Waals surface area contributed by atoms with Crippen molar-refractivity contribution in [3.63, 3.8) is 0 Å². The van der Waals surface area contributed by atoms with Gasteiger partial charge in [0.2, 0.25) is 0 Å². The van der Waals surface area contributed by atoms with Gasteiger partial charge in [0.05, 0.1) is 0 Å². The third-order valence-electron chi connectivity index (χ3n) is 2.80. The van der Waals surface area contributed by atoms with E-state index in [4.69, 9.17) is 0 Å². The summed E-state index contributed by atoms with van der Waals surface area (Å²) in [5.74, 6) is -1.50. The fourth-order valence-corrected chi connectivity index (χ4v) is 1.76.